The van der Waals surface area contributed by atoms with Gasteiger partial charge in [0.1, 0.15) is 0 Å². The Labute approximate surface area is 215 Å². The minimum absolute atomic E-state index is 0.0530. The second kappa shape index (κ2) is 9.83. The molecule has 3 fully saturated rings. The summed E-state index contributed by atoms with van der Waals surface area (Å²) < 4.78 is 58.5. The van der Waals surface area contributed by atoms with Gasteiger partial charge in [-0.25, -0.2) is 9.37 Å². The van der Waals surface area contributed by atoms with E-state index in [1.165, 1.54) is 19.2 Å². The lowest BCUT2D eigenvalue weighted by Gasteiger charge is -2.40. The second-order valence-electron chi connectivity index (χ2n) is 10.5. The Hall–Kier alpha value is -3.22. The number of pyridine rings is 1. The molecule has 2 aromatic heterocycles. The van der Waals surface area contributed by atoms with Crippen molar-refractivity contribution in [3.8, 4) is 17.1 Å². The predicted octanol–water partition coefficient (Wildman–Crippen LogP) is 3.35. The van der Waals surface area contributed by atoms with Crippen LogP contribution in [-0.4, -0.2) is 74.0 Å². The van der Waals surface area contributed by atoms with Crippen molar-refractivity contribution < 1.29 is 37.0 Å². The zero-order chi connectivity index (χ0) is 27.2. The number of nitrogens with one attached hydrogen (secondary N) is 2. The molecule has 2 bridgehead atoms. The van der Waals surface area contributed by atoms with Crippen LogP contribution in [0.5, 0.6) is 5.88 Å². The number of ether oxygens (including phenoxy) is 1. The van der Waals surface area contributed by atoms with E-state index in [-0.39, 0.29) is 59.8 Å². The number of rotatable bonds is 5. The van der Waals surface area contributed by atoms with Gasteiger partial charge in [0, 0.05) is 35.7 Å². The summed E-state index contributed by atoms with van der Waals surface area (Å²) in [7, 11) is 1.41. The lowest BCUT2D eigenvalue weighted by atomic mass is 9.81. The van der Waals surface area contributed by atoms with Crippen molar-refractivity contribution in [3.63, 3.8) is 0 Å². The molecule has 1 aliphatic carbocycles. The quantitative estimate of drug-likeness (QED) is 0.502. The molecule has 5 rings (SSSR count). The summed E-state index contributed by atoms with van der Waals surface area (Å²) in [5, 5.41) is 19.5. The van der Waals surface area contributed by atoms with Crippen LogP contribution >= 0.6 is 0 Å². The van der Waals surface area contributed by atoms with Crippen molar-refractivity contribution in [1.29, 1.82) is 0 Å². The highest BCUT2D eigenvalue weighted by molar-refractivity contribution is 5.94. The van der Waals surface area contributed by atoms with E-state index in [0.717, 1.165) is 19.0 Å². The summed E-state index contributed by atoms with van der Waals surface area (Å²) >= 11 is 0. The van der Waals surface area contributed by atoms with E-state index in [4.69, 9.17) is 4.74 Å². The van der Waals surface area contributed by atoms with Gasteiger partial charge >= 0.3 is 6.18 Å². The molecule has 3 aliphatic rings. The molecule has 2 aliphatic heterocycles. The fourth-order valence-electron chi connectivity index (χ4n) is 6.00. The number of halogens is 4. The average molecular weight is 540 g/mol. The Balaban J connectivity index is 1.20. The first-order valence-electron chi connectivity index (χ1n) is 12.7. The van der Waals surface area contributed by atoms with Crippen LogP contribution in [0.1, 0.15) is 61.9 Å². The smallest absolute Gasteiger partial charge is 0.417 e. The van der Waals surface area contributed by atoms with E-state index >= 15 is 0 Å². The van der Waals surface area contributed by atoms with Crippen LogP contribution in [0, 0.1) is 11.7 Å². The standard InChI is InChI=1S/C25H29F4N5O4/c1-38-21-10-17(18(26)12-30-21)19-11-20(33-32-19)23(36)34-15-2-3-16(34)9-13(8-15)22(35)31-14-4-6-24(37,7-5-14)25(27,28)29/h10-16,37H,2-9H2,1H3,(H,31,35)(H,32,33)/t13-,14-,15-,16?,24-/m1/s1. The van der Waals surface area contributed by atoms with E-state index in [1.54, 1.807) is 4.90 Å². The molecule has 13 heteroatoms. The van der Waals surface area contributed by atoms with Crippen molar-refractivity contribution >= 4 is 11.8 Å². The van der Waals surface area contributed by atoms with Gasteiger partial charge in [-0.3, -0.25) is 14.7 Å². The summed E-state index contributed by atoms with van der Waals surface area (Å²) in [4.78, 5) is 31.9. The number of alkyl halides is 3. The molecule has 2 aromatic rings. The first-order chi connectivity index (χ1) is 18.0. The Morgan fingerprint density at radius 2 is 1.82 bits per heavy atom. The topological polar surface area (TPSA) is 120 Å². The first-order valence-corrected chi connectivity index (χ1v) is 12.7. The maximum Gasteiger partial charge on any atom is 0.417 e. The second-order valence-corrected chi connectivity index (χ2v) is 10.5. The van der Waals surface area contributed by atoms with Crippen molar-refractivity contribution in [3.05, 3.63) is 29.8 Å². The molecule has 3 atom stereocenters. The van der Waals surface area contributed by atoms with E-state index in [0.29, 0.717) is 18.5 Å². The molecule has 2 saturated heterocycles. The Bertz CT molecular complexity index is 1200. The Morgan fingerprint density at radius 3 is 2.42 bits per heavy atom. The number of nitrogens with zero attached hydrogens (tertiary/aromatic N) is 3. The molecule has 9 nitrogen and oxygen atoms in total. The van der Waals surface area contributed by atoms with Crippen LogP contribution in [-0.2, 0) is 4.79 Å². The number of amides is 2. The van der Waals surface area contributed by atoms with E-state index in [9.17, 15) is 32.3 Å². The number of aliphatic hydroxyl groups is 1. The van der Waals surface area contributed by atoms with Gasteiger partial charge in [0.05, 0.1) is 19.0 Å². The van der Waals surface area contributed by atoms with Crippen LogP contribution < -0.4 is 10.1 Å². The molecule has 206 valence electrons. The van der Waals surface area contributed by atoms with Gasteiger partial charge in [0.15, 0.2) is 17.1 Å². The molecule has 1 unspecified atom stereocenters. The van der Waals surface area contributed by atoms with Gasteiger partial charge in [0.2, 0.25) is 11.8 Å². The number of methoxy groups -OCH3 is 1. The molecule has 2 amide bonds. The summed E-state index contributed by atoms with van der Waals surface area (Å²) in [6.07, 6.45) is -2.09. The number of carbonyl (C=O) groups excluding carboxylic acids is 2. The van der Waals surface area contributed by atoms with Crippen LogP contribution in [0.3, 0.4) is 0 Å². The zero-order valence-electron chi connectivity index (χ0n) is 20.7. The van der Waals surface area contributed by atoms with Gasteiger partial charge in [-0.2, -0.15) is 18.3 Å². The third-order valence-corrected chi connectivity index (χ3v) is 8.15. The fourth-order valence-corrected chi connectivity index (χ4v) is 6.00. The maximum absolute atomic E-state index is 14.3. The van der Waals surface area contributed by atoms with Crippen LogP contribution in [0.15, 0.2) is 18.3 Å². The summed E-state index contributed by atoms with van der Waals surface area (Å²) in [6, 6.07) is 2.12. The summed E-state index contributed by atoms with van der Waals surface area (Å²) in [5.41, 5.74) is -2.09. The predicted molar refractivity (Wildman–Crippen MR) is 125 cm³/mol. The lowest BCUT2D eigenvalue weighted by Crippen LogP contribution is -2.53. The van der Waals surface area contributed by atoms with E-state index in [2.05, 4.69) is 20.5 Å². The number of hydrogen-bond donors (Lipinski definition) is 3. The number of aromatic amines is 1. The number of aromatic nitrogens is 3. The number of carbonyl (C=O) groups is 2. The number of fused-ring (bicyclic) bond motifs is 2. The van der Waals surface area contributed by atoms with Crippen LogP contribution in [0.2, 0.25) is 0 Å². The van der Waals surface area contributed by atoms with Gasteiger partial charge in [0.25, 0.3) is 5.91 Å². The average Bonchev–Trinajstić information content (AvgIpc) is 3.47. The molecule has 38 heavy (non-hydrogen) atoms. The Morgan fingerprint density at radius 1 is 1.16 bits per heavy atom. The SMILES string of the molecule is COc1cc(-c2cc(C(=O)N3C4CC[C@@H]3C[C@@H](C(=O)N[C@H]3CC[C@@](O)(C(F)(F)F)CC3)C4)n[nH]2)c(F)cn1. The third kappa shape index (κ3) is 4.83. The third-order valence-electron chi connectivity index (χ3n) is 8.15. The molecule has 3 N–H and O–H groups in total. The minimum atomic E-state index is -4.69. The van der Waals surface area contributed by atoms with Crippen molar-refractivity contribution in [1.82, 2.24) is 25.4 Å². The van der Waals surface area contributed by atoms with Gasteiger partial charge in [-0.05, 0) is 57.4 Å². The van der Waals surface area contributed by atoms with E-state index < -0.39 is 36.5 Å². The molecule has 0 aromatic carbocycles. The molecule has 0 radical (unpaired) electrons. The number of piperidine rings is 1. The summed E-state index contributed by atoms with van der Waals surface area (Å²) in [5.74, 6) is -1.26. The number of hydrogen-bond acceptors (Lipinski definition) is 6. The first kappa shape index (κ1) is 26.4. The van der Waals surface area contributed by atoms with Gasteiger partial charge in [-0.1, -0.05) is 0 Å². The molecule has 0 spiro atoms. The van der Waals surface area contributed by atoms with Crippen molar-refractivity contribution in [2.24, 2.45) is 5.92 Å². The fraction of sp³-hybridized carbons (Fsp3) is 0.600. The zero-order valence-corrected chi connectivity index (χ0v) is 20.7. The molecule has 4 heterocycles. The van der Waals surface area contributed by atoms with E-state index in [1.807, 2.05) is 0 Å². The molecular weight excluding hydrogens is 510 g/mol. The lowest BCUT2D eigenvalue weighted by molar-refractivity contribution is -0.270. The van der Waals surface area contributed by atoms with Crippen LogP contribution in [0.4, 0.5) is 17.6 Å². The highest BCUT2D eigenvalue weighted by atomic mass is 19.4. The van der Waals surface area contributed by atoms with Gasteiger partial charge < -0.3 is 20.1 Å². The minimum Gasteiger partial charge on any atom is -0.481 e. The Kier molecular flexibility index (Phi) is 6.82. The molecular formula is C25H29F4N5O4. The van der Waals surface area contributed by atoms with Gasteiger partial charge in [-0.15, -0.1) is 0 Å². The maximum atomic E-state index is 14.3. The van der Waals surface area contributed by atoms with Crippen molar-refractivity contribution in [2.75, 3.05) is 7.11 Å². The normalized spacial score (nSPS) is 29.3. The van der Waals surface area contributed by atoms with Crippen molar-refractivity contribution in [2.45, 2.75) is 81.3 Å². The largest absolute Gasteiger partial charge is 0.481 e. The highest BCUT2D eigenvalue weighted by Gasteiger charge is 2.55. The van der Waals surface area contributed by atoms with Crippen LogP contribution in [0.25, 0.3) is 11.3 Å². The molecule has 1 saturated carbocycles. The summed E-state index contributed by atoms with van der Waals surface area (Å²) in [6.45, 7) is 0. The highest BCUT2D eigenvalue weighted by Crippen LogP contribution is 2.42. The number of H-pyrrole nitrogens is 1. The monoisotopic (exact) mass is 539 g/mol.